The first-order chi connectivity index (χ1) is 12.9. The fourth-order valence-electron chi connectivity index (χ4n) is 5.63. The summed E-state index contributed by atoms with van der Waals surface area (Å²) in [7, 11) is 0. The van der Waals surface area contributed by atoms with Crippen LogP contribution in [0.3, 0.4) is 0 Å². The van der Waals surface area contributed by atoms with Crippen LogP contribution in [0.25, 0.3) is 0 Å². The van der Waals surface area contributed by atoms with Crippen LogP contribution in [0, 0.1) is 5.41 Å². The Morgan fingerprint density at radius 2 is 1.93 bits per heavy atom. The van der Waals surface area contributed by atoms with Crippen LogP contribution in [0.5, 0.6) is 5.75 Å². The van der Waals surface area contributed by atoms with Gasteiger partial charge >= 0.3 is 6.03 Å². The van der Waals surface area contributed by atoms with Gasteiger partial charge in [-0.25, -0.2) is 4.79 Å². The highest BCUT2D eigenvalue weighted by molar-refractivity contribution is 5.76. The van der Waals surface area contributed by atoms with Crippen molar-refractivity contribution >= 4 is 6.03 Å². The van der Waals surface area contributed by atoms with E-state index in [4.69, 9.17) is 10.5 Å². The molecule has 2 amide bonds. The molecule has 5 nitrogen and oxygen atoms in total. The largest absolute Gasteiger partial charge is 0.478 e. The van der Waals surface area contributed by atoms with E-state index in [0.717, 1.165) is 51.1 Å². The van der Waals surface area contributed by atoms with Crippen LogP contribution >= 0.6 is 0 Å². The van der Waals surface area contributed by atoms with Gasteiger partial charge in [0.05, 0.1) is 0 Å². The lowest BCUT2D eigenvalue weighted by Crippen LogP contribution is -2.66. The van der Waals surface area contributed by atoms with E-state index < -0.39 is 0 Å². The molecule has 2 bridgehead atoms. The molecule has 27 heavy (non-hydrogen) atoms. The molecule has 2 aliphatic heterocycles. The summed E-state index contributed by atoms with van der Waals surface area (Å²) in [5.41, 5.74) is 8.32. The van der Waals surface area contributed by atoms with E-state index >= 15 is 0 Å². The number of likely N-dealkylation sites (tertiary alicyclic amines) is 2. The van der Waals surface area contributed by atoms with Crippen molar-refractivity contribution in [3.63, 3.8) is 0 Å². The van der Waals surface area contributed by atoms with Gasteiger partial charge in [0, 0.05) is 36.7 Å². The van der Waals surface area contributed by atoms with E-state index in [-0.39, 0.29) is 29.6 Å². The number of piperidine rings is 2. The predicted octanol–water partition coefficient (Wildman–Crippen LogP) is 3.50. The lowest BCUT2D eigenvalue weighted by Gasteiger charge is -2.61. The number of amides is 2. The number of urea groups is 1. The first kappa shape index (κ1) is 18.6. The Balaban J connectivity index is 1.72. The maximum Gasteiger partial charge on any atom is 0.320 e. The number of hydrogen-bond donors (Lipinski definition) is 1. The molecule has 0 aromatic heterocycles. The number of nitrogens with zero attached hydrogens (tertiary/aromatic N) is 2. The van der Waals surface area contributed by atoms with Crippen molar-refractivity contribution in [1.29, 1.82) is 0 Å². The van der Waals surface area contributed by atoms with Crippen molar-refractivity contribution in [3.8, 4) is 5.75 Å². The number of fused-ring (bicyclic) bond motifs is 4. The van der Waals surface area contributed by atoms with Gasteiger partial charge in [-0.05, 0) is 49.1 Å². The Labute approximate surface area is 162 Å². The maximum absolute atomic E-state index is 13.4. The molecule has 0 unspecified atom stereocenters. The highest BCUT2D eigenvalue weighted by Gasteiger charge is 2.57. The molecule has 1 aromatic carbocycles. The van der Waals surface area contributed by atoms with Crippen LogP contribution in [-0.2, 0) is 11.8 Å². The Kier molecular flexibility index (Phi) is 4.61. The monoisotopic (exact) mass is 371 g/mol. The van der Waals surface area contributed by atoms with Gasteiger partial charge < -0.3 is 14.5 Å². The first-order valence-corrected chi connectivity index (χ1v) is 10.4. The lowest BCUT2D eigenvalue weighted by molar-refractivity contribution is -0.0248. The van der Waals surface area contributed by atoms with Gasteiger partial charge in [0.25, 0.3) is 0 Å². The number of ether oxygens (including phenoxy) is 1. The second-order valence-corrected chi connectivity index (χ2v) is 9.14. The Hall–Kier alpha value is -1.75. The summed E-state index contributed by atoms with van der Waals surface area (Å²) in [4.78, 5) is 17.6. The molecule has 2 heterocycles. The minimum atomic E-state index is 0.00499. The zero-order chi connectivity index (χ0) is 19.2. The SMILES string of the molecule is CC1(C)[C@H]2Cc3c(OCN)cccc3[C@]1(C)CCN2C(=O)N1CCCCC1. The topological polar surface area (TPSA) is 58.8 Å². The molecule has 1 aliphatic carbocycles. The molecule has 4 rings (SSSR count). The van der Waals surface area contributed by atoms with Crippen molar-refractivity contribution in [2.45, 2.75) is 64.3 Å². The molecule has 2 fully saturated rings. The summed E-state index contributed by atoms with van der Waals surface area (Å²) in [5.74, 6) is 0.883. The number of carbonyl (C=O) groups is 1. The zero-order valence-corrected chi connectivity index (χ0v) is 17.0. The van der Waals surface area contributed by atoms with Crippen molar-refractivity contribution in [2.24, 2.45) is 11.1 Å². The average molecular weight is 372 g/mol. The van der Waals surface area contributed by atoms with E-state index in [1.807, 2.05) is 6.07 Å². The van der Waals surface area contributed by atoms with E-state index in [9.17, 15) is 4.79 Å². The van der Waals surface area contributed by atoms with Gasteiger partial charge in [0.2, 0.25) is 0 Å². The fraction of sp³-hybridized carbons (Fsp3) is 0.682. The second kappa shape index (κ2) is 6.69. The van der Waals surface area contributed by atoms with Gasteiger partial charge in [-0.1, -0.05) is 32.9 Å². The lowest BCUT2D eigenvalue weighted by atomic mass is 9.51. The molecule has 3 aliphatic rings. The van der Waals surface area contributed by atoms with Crippen LogP contribution in [-0.4, -0.2) is 48.2 Å². The third-order valence-electron chi connectivity index (χ3n) is 7.72. The van der Waals surface area contributed by atoms with E-state index in [1.165, 1.54) is 17.5 Å². The quantitative estimate of drug-likeness (QED) is 0.810. The van der Waals surface area contributed by atoms with E-state index in [0.29, 0.717) is 0 Å². The number of benzene rings is 1. The van der Waals surface area contributed by atoms with Crippen LogP contribution < -0.4 is 10.5 Å². The first-order valence-electron chi connectivity index (χ1n) is 10.4. The van der Waals surface area contributed by atoms with Gasteiger partial charge in [0.1, 0.15) is 12.5 Å². The Morgan fingerprint density at radius 3 is 2.63 bits per heavy atom. The molecule has 2 saturated heterocycles. The summed E-state index contributed by atoms with van der Waals surface area (Å²) in [6.07, 6.45) is 5.32. The molecule has 148 valence electrons. The third kappa shape index (κ3) is 2.74. The minimum Gasteiger partial charge on any atom is -0.478 e. The molecule has 2 atom stereocenters. The van der Waals surface area contributed by atoms with Crippen molar-refractivity contribution in [3.05, 3.63) is 29.3 Å². The normalized spacial score (nSPS) is 29.3. The molecule has 0 spiro atoms. The molecule has 5 heteroatoms. The minimum absolute atomic E-state index is 0.00499. The van der Waals surface area contributed by atoms with Crippen LogP contribution in [0.2, 0.25) is 0 Å². The highest BCUT2D eigenvalue weighted by atomic mass is 16.5. The standard InChI is InChI=1S/C22H33N3O2/c1-21(2)19-14-16-17(8-7-9-18(16)27-15-23)22(21,3)10-13-25(19)20(26)24-11-5-4-6-12-24/h7-9,19H,4-6,10-15,23H2,1-3H3/t19-,22+/m1/s1. The number of hydrogen-bond acceptors (Lipinski definition) is 3. The highest BCUT2D eigenvalue weighted by Crippen LogP contribution is 2.57. The van der Waals surface area contributed by atoms with Gasteiger partial charge in [0.15, 0.2) is 0 Å². The summed E-state index contributed by atoms with van der Waals surface area (Å²) in [6.45, 7) is 9.86. The zero-order valence-electron chi connectivity index (χ0n) is 17.0. The Bertz CT molecular complexity index is 726. The van der Waals surface area contributed by atoms with Crippen LogP contribution in [0.1, 0.15) is 57.6 Å². The van der Waals surface area contributed by atoms with E-state index in [2.05, 4.69) is 42.7 Å². The summed E-state index contributed by atoms with van der Waals surface area (Å²) in [5, 5.41) is 0. The number of rotatable bonds is 2. The van der Waals surface area contributed by atoms with Crippen LogP contribution in [0.4, 0.5) is 4.79 Å². The predicted molar refractivity (Wildman–Crippen MR) is 107 cm³/mol. The molecule has 0 radical (unpaired) electrons. The summed E-state index contributed by atoms with van der Waals surface area (Å²) in [6, 6.07) is 6.76. The number of carbonyl (C=O) groups excluding carboxylic acids is 1. The van der Waals surface area contributed by atoms with Crippen molar-refractivity contribution in [2.75, 3.05) is 26.4 Å². The molecule has 0 saturated carbocycles. The number of nitrogens with two attached hydrogens (primary N) is 1. The van der Waals surface area contributed by atoms with Crippen LogP contribution in [0.15, 0.2) is 18.2 Å². The van der Waals surface area contributed by atoms with Crippen molar-refractivity contribution in [1.82, 2.24) is 9.80 Å². The Morgan fingerprint density at radius 1 is 1.19 bits per heavy atom. The fourth-order valence-corrected chi connectivity index (χ4v) is 5.63. The summed E-state index contributed by atoms with van der Waals surface area (Å²) >= 11 is 0. The van der Waals surface area contributed by atoms with Gasteiger partial charge in [-0.2, -0.15) is 0 Å². The summed E-state index contributed by atoms with van der Waals surface area (Å²) < 4.78 is 5.76. The van der Waals surface area contributed by atoms with E-state index in [1.54, 1.807) is 0 Å². The molecule has 2 N–H and O–H groups in total. The molecule has 1 aromatic rings. The van der Waals surface area contributed by atoms with Gasteiger partial charge in [-0.15, -0.1) is 0 Å². The second-order valence-electron chi connectivity index (χ2n) is 9.14. The van der Waals surface area contributed by atoms with Crippen molar-refractivity contribution < 1.29 is 9.53 Å². The average Bonchev–Trinajstić information content (AvgIpc) is 2.66. The molecular formula is C22H33N3O2. The maximum atomic E-state index is 13.4. The van der Waals surface area contributed by atoms with Gasteiger partial charge in [-0.3, -0.25) is 5.73 Å². The molecular weight excluding hydrogens is 338 g/mol. The smallest absolute Gasteiger partial charge is 0.320 e. The third-order valence-corrected chi connectivity index (χ3v) is 7.72.